The molecule has 0 spiro atoms. The van der Waals surface area contributed by atoms with E-state index in [0.717, 1.165) is 11.1 Å². The zero-order valence-electron chi connectivity index (χ0n) is 11.7. The smallest absolute Gasteiger partial charge is 0.339 e. The molecule has 0 aliphatic heterocycles. The van der Waals surface area contributed by atoms with Crippen LogP contribution in [0.25, 0.3) is 0 Å². The molecule has 0 bridgehead atoms. The first kappa shape index (κ1) is 14.6. The molecule has 2 aromatic carbocycles. The van der Waals surface area contributed by atoms with Crippen molar-refractivity contribution in [2.24, 2.45) is 0 Å². The van der Waals surface area contributed by atoms with Crippen LogP contribution in [-0.4, -0.2) is 22.1 Å². The topological polar surface area (TPSA) is 86.6 Å². The molecule has 21 heavy (non-hydrogen) atoms. The summed E-state index contributed by atoms with van der Waals surface area (Å²) in [6.07, 6.45) is 0. The van der Waals surface area contributed by atoms with Crippen LogP contribution in [0.5, 0.6) is 5.75 Å². The first-order valence-corrected chi connectivity index (χ1v) is 6.33. The van der Waals surface area contributed by atoms with Gasteiger partial charge in [0.1, 0.15) is 11.3 Å². The number of aromatic hydroxyl groups is 1. The minimum Gasteiger partial charge on any atom is -0.507 e. The molecule has 0 heterocycles. The third-order valence-electron chi connectivity index (χ3n) is 3.12. The number of benzene rings is 2. The maximum Gasteiger partial charge on any atom is 0.339 e. The van der Waals surface area contributed by atoms with Crippen molar-refractivity contribution in [3.8, 4) is 5.75 Å². The number of hydrogen-bond acceptors (Lipinski definition) is 3. The predicted octanol–water partition coefficient (Wildman–Crippen LogP) is 2.96. The van der Waals surface area contributed by atoms with E-state index >= 15 is 0 Å². The van der Waals surface area contributed by atoms with Crippen molar-refractivity contribution in [2.75, 3.05) is 5.32 Å². The summed E-state index contributed by atoms with van der Waals surface area (Å²) < 4.78 is 0. The van der Waals surface area contributed by atoms with Gasteiger partial charge in [0, 0.05) is 17.3 Å². The quantitative estimate of drug-likeness (QED) is 0.809. The summed E-state index contributed by atoms with van der Waals surface area (Å²) in [7, 11) is 0. The summed E-state index contributed by atoms with van der Waals surface area (Å²) in [6.45, 7) is 3.73. The fourth-order valence-corrected chi connectivity index (χ4v) is 1.97. The van der Waals surface area contributed by atoms with Crippen molar-refractivity contribution in [2.45, 2.75) is 13.8 Å². The number of aryl methyl sites for hydroxylation is 2. The van der Waals surface area contributed by atoms with E-state index in [4.69, 9.17) is 5.11 Å². The molecule has 0 atom stereocenters. The Bertz CT molecular complexity index is 722. The van der Waals surface area contributed by atoms with Crippen molar-refractivity contribution < 1.29 is 19.8 Å². The number of rotatable bonds is 3. The molecule has 0 saturated carbocycles. The van der Waals surface area contributed by atoms with Crippen LogP contribution in [0.1, 0.15) is 31.8 Å². The van der Waals surface area contributed by atoms with Gasteiger partial charge in [-0.15, -0.1) is 0 Å². The first-order valence-electron chi connectivity index (χ1n) is 6.33. The monoisotopic (exact) mass is 285 g/mol. The highest BCUT2D eigenvalue weighted by Crippen LogP contribution is 2.23. The van der Waals surface area contributed by atoms with Crippen LogP contribution in [0, 0.1) is 13.8 Å². The number of anilines is 1. The first-order chi connectivity index (χ1) is 9.88. The molecule has 0 radical (unpaired) electrons. The highest BCUT2D eigenvalue weighted by atomic mass is 16.4. The Morgan fingerprint density at radius 2 is 1.71 bits per heavy atom. The molecule has 5 heteroatoms. The number of hydrogen-bond donors (Lipinski definition) is 3. The lowest BCUT2D eigenvalue weighted by molar-refractivity contribution is 0.0693. The lowest BCUT2D eigenvalue weighted by Gasteiger charge is -2.09. The molecular formula is C16H15NO4. The molecule has 108 valence electrons. The standard InChI is InChI=1S/C16H15NO4/c1-9-3-4-10(2)13(7-9)15(19)17-11-5-6-12(16(20)21)14(18)8-11/h3-8,18H,1-2H3,(H,17,19)(H,20,21). The van der Waals surface area contributed by atoms with Crippen LogP contribution >= 0.6 is 0 Å². The van der Waals surface area contributed by atoms with Gasteiger partial charge in [0.25, 0.3) is 5.91 Å². The number of carboxylic acids is 1. The molecule has 5 nitrogen and oxygen atoms in total. The Balaban J connectivity index is 2.26. The fourth-order valence-electron chi connectivity index (χ4n) is 1.97. The minimum atomic E-state index is -1.22. The van der Waals surface area contributed by atoms with Crippen molar-refractivity contribution >= 4 is 17.6 Å². The molecule has 0 unspecified atom stereocenters. The Hall–Kier alpha value is -2.82. The SMILES string of the molecule is Cc1ccc(C)c(C(=O)Nc2ccc(C(=O)O)c(O)c2)c1. The van der Waals surface area contributed by atoms with Crippen molar-refractivity contribution in [1.82, 2.24) is 0 Å². The third kappa shape index (κ3) is 3.20. The Labute approximate surface area is 121 Å². The second-order valence-corrected chi connectivity index (χ2v) is 4.81. The molecular weight excluding hydrogens is 270 g/mol. The summed E-state index contributed by atoms with van der Waals surface area (Å²) in [5.41, 5.74) is 2.47. The Morgan fingerprint density at radius 3 is 2.33 bits per heavy atom. The summed E-state index contributed by atoms with van der Waals surface area (Å²) in [5, 5.41) is 21.1. The number of aromatic carboxylic acids is 1. The van der Waals surface area contributed by atoms with Crippen LogP contribution in [-0.2, 0) is 0 Å². The molecule has 2 aromatic rings. The van der Waals surface area contributed by atoms with Gasteiger partial charge < -0.3 is 15.5 Å². The van der Waals surface area contributed by atoms with Gasteiger partial charge in [0.05, 0.1) is 0 Å². The third-order valence-corrected chi connectivity index (χ3v) is 3.12. The number of carbonyl (C=O) groups excluding carboxylic acids is 1. The van der Waals surface area contributed by atoms with Gasteiger partial charge in [-0.3, -0.25) is 4.79 Å². The zero-order valence-corrected chi connectivity index (χ0v) is 11.7. The van der Waals surface area contributed by atoms with E-state index in [2.05, 4.69) is 5.32 Å². The van der Waals surface area contributed by atoms with E-state index in [1.807, 2.05) is 26.0 Å². The van der Waals surface area contributed by atoms with E-state index in [9.17, 15) is 14.7 Å². The van der Waals surface area contributed by atoms with Gasteiger partial charge in [-0.25, -0.2) is 4.79 Å². The van der Waals surface area contributed by atoms with Crippen LogP contribution in [0.4, 0.5) is 5.69 Å². The van der Waals surface area contributed by atoms with E-state index < -0.39 is 5.97 Å². The summed E-state index contributed by atoms with van der Waals surface area (Å²) in [5.74, 6) is -1.92. The second kappa shape index (κ2) is 5.66. The summed E-state index contributed by atoms with van der Waals surface area (Å²) in [6, 6.07) is 9.44. The molecule has 0 aliphatic rings. The van der Waals surface area contributed by atoms with Gasteiger partial charge in [-0.2, -0.15) is 0 Å². The lowest BCUT2D eigenvalue weighted by atomic mass is 10.0. The molecule has 0 aromatic heterocycles. The van der Waals surface area contributed by atoms with Gasteiger partial charge >= 0.3 is 5.97 Å². The second-order valence-electron chi connectivity index (χ2n) is 4.81. The Kier molecular flexibility index (Phi) is 3.93. The van der Waals surface area contributed by atoms with Gasteiger partial charge in [-0.05, 0) is 37.6 Å². The fraction of sp³-hybridized carbons (Fsp3) is 0.125. The van der Waals surface area contributed by atoms with E-state index in [-0.39, 0.29) is 17.2 Å². The average molecular weight is 285 g/mol. The summed E-state index contributed by atoms with van der Waals surface area (Å²) >= 11 is 0. The van der Waals surface area contributed by atoms with E-state index in [1.54, 1.807) is 6.07 Å². The predicted molar refractivity (Wildman–Crippen MR) is 78.9 cm³/mol. The van der Waals surface area contributed by atoms with Crippen molar-refractivity contribution in [1.29, 1.82) is 0 Å². The number of carbonyl (C=O) groups is 2. The van der Waals surface area contributed by atoms with Crippen LogP contribution in [0.3, 0.4) is 0 Å². The summed E-state index contributed by atoms with van der Waals surface area (Å²) in [4.78, 5) is 23.0. The van der Waals surface area contributed by atoms with Crippen molar-refractivity contribution in [3.63, 3.8) is 0 Å². The maximum atomic E-state index is 12.2. The van der Waals surface area contributed by atoms with E-state index in [1.165, 1.54) is 18.2 Å². The van der Waals surface area contributed by atoms with Gasteiger partial charge in [0.2, 0.25) is 0 Å². The minimum absolute atomic E-state index is 0.209. The lowest BCUT2D eigenvalue weighted by Crippen LogP contribution is -2.13. The Morgan fingerprint density at radius 1 is 1.00 bits per heavy atom. The zero-order chi connectivity index (χ0) is 15.6. The molecule has 0 saturated heterocycles. The van der Waals surface area contributed by atoms with Crippen LogP contribution < -0.4 is 5.32 Å². The number of phenols is 1. The number of carboxylic acid groups (broad SMARTS) is 1. The number of nitrogens with one attached hydrogen (secondary N) is 1. The van der Waals surface area contributed by atoms with E-state index in [0.29, 0.717) is 11.3 Å². The van der Waals surface area contributed by atoms with Gasteiger partial charge in [-0.1, -0.05) is 17.7 Å². The highest BCUT2D eigenvalue weighted by Gasteiger charge is 2.13. The normalized spacial score (nSPS) is 10.2. The van der Waals surface area contributed by atoms with Gasteiger partial charge in [0.15, 0.2) is 0 Å². The molecule has 2 rings (SSSR count). The largest absolute Gasteiger partial charge is 0.507 e. The van der Waals surface area contributed by atoms with Crippen molar-refractivity contribution in [3.05, 3.63) is 58.7 Å². The van der Waals surface area contributed by atoms with Crippen LogP contribution in [0.2, 0.25) is 0 Å². The average Bonchev–Trinajstić information content (AvgIpc) is 2.41. The van der Waals surface area contributed by atoms with Crippen LogP contribution in [0.15, 0.2) is 36.4 Å². The molecule has 1 amide bonds. The maximum absolute atomic E-state index is 12.2. The highest BCUT2D eigenvalue weighted by molar-refractivity contribution is 6.05. The molecule has 0 aliphatic carbocycles. The molecule has 0 fully saturated rings. The number of amides is 1. The molecule has 3 N–H and O–H groups in total.